The van der Waals surface area contributed by atoms with Gasteiger partial charge < -0.3 is 5.11 Å². The van der Waals surface area contributed by atoms with Crippen molar-refractivity contribution in [3.8, 4) is 0 Å². The van der Waals surface area contributed by atoms with E-state index in [9.17, 15) is 27.5 Å². The molecule has 0 saturated heterocycles. The number of carbonyl (C=O) groups is 1. The van der Waals surface area contributed by atoms with Gasteiger partial charge in [0.1, 0.15) is 5.82 Å². The van der Waals surface area contributed by atoms with Crippen LogP contribution in [0.4, 0.5) is 17.6 Å². The standard InChI is InChI=1S/C17H13F4N3O2/c18-11-1-2-15-13(8-11)14(23-24(15)6-4-17(19,20)21)7-10-9-22-5-3-12(10)16(25)26/h1-3,5,8-9H,4,6-7H2,(H,25,26). The largest absolute Gasteiger partial charge is 0.478 e. The molecule has 3 aromatic rings. The molecule has 0 bridgehead atoms. The lowest BCUT2D eigenvalue weighted by Gasteiger charge is -2.07. The van der Waals surface area contributed by atoms with E-state index < -0.39 is 30.9 Å². The molecule has 1 N–H and O–H groups in total. The molecule has 2 aromatic heterocycles. The SMILES string of the molecule is O=C(O)c1ccncc1Cc1nn(CCC(F)(F)F)c2ccc(F)cc12. The molecule has 0 aliphatic rings. The molecule has 0 aliphatic carbocycles. The zero-order valence-corrected chi connectivity index (χ0v) is 13.3. The third-order valence-electron chi connectivity index (χ3n) is 3.89. The van der Waals surface area contributed by atoms with Crippen LogP contribution in [0, 0.1) is 5.82 Å². The van der Waals surface area contributed by atoms with Gasteiger partial charge in [-0.25, -0.2) is 9.18 Å². The maximum atomic E-state index is 13.6. The summed E-state index contributed by atoms with van der Waals surface area (Å²) in [5, 5.41) is 13.7. The molecule has 5 nitrogen and oxygen atoms in total. The van der Waals surface area contributed by atoms with Gasteiger partial charge in [0, 0.05) is 24.2 Å². The number of rotatable bonds is 5. The van der Waals surface area contributed by atoms with E-state index in [1.54, 1.807) is 0 Å². The fourth-order valence-corrected chi connectivity index (χ4v) is 2.71. The highest BCUT2D eigenvalue weighted by molar-refractivity contribution is 5.89. The minimum absolute atomic E-state index is 0.00838. The number of hydrogen-bond donors (Lipinski definition) is 1. The Morgan fingerprint density at radius 3 is 2.69 bits per heavy atom. The van der Waals surface area contributed by atoms with Crippen LogP contribution in [0.3, 0.4) is 0 Å². The summed E-state index contributed by atoms with van der Waals surface area (Å²) in [4.78, 5) is 15.2. The molecule has 26 heavy (non-hydrogen) atoms. The molecule has 0 saturated carbocycles. The lowest BCUT2D eigenvalue weighted by molar-refractivity contribution is -0.137. The summed E-state index contributed by atoms with van der Waals surface area (Å²) in [6.07, 6.45) is -2.74. The van der Waals surface area contributed by atoms with Crippen LogP contribution >= 0.6 is 0 Å². The van der Waals surface area contributed by atoms with E-state index in [1.165, 1.54) is 30.6 Å². The summed E-state index contributed by atoms with van der Waals surface area (Å²) < 4.78 is 52.4. The van der Waals surface area contributed by atoms with Crippen LogP contribution in [0.25, 0.3) is 10.9 Å². The number of carboxylic acid groups (broad SMARTS) is 1. The van der Waals surface area contributed by atoms with Crippen LogP contribution in [0.5, 0.6) is 0 Å². The molecule has 0 aliphatic heterocycles. The average molecular weight is 367 g/mol. The number of pyridine rings is 1. The lowest BCUT2D eigenvalue weighted by Crippen LogP contribution is -2.13. The predicted octanol–water partition coefficient (Wildman–Crippen LogP) is 3.81. The van der Waals surface area contributed by atoms with Crippen molar-refractivity contribution in [1.29, 1.82) is 0 Å². The first kappa shape index (κ1) is 17.8. The zero-order valence-electron chi connectivity index (χ0n) is 13.3. The first-order chi connectivity index (χ1) is 12.2. The highest BCUT2D eigenvalue weighted by Gasteiger charge is 2.27. The summed E-state index contributed by atoms with van der Waals surface area (Å²) in [7, 11) is 0. The monoisotopic (exact) mass is 367 g/mol. The van der Waals surface area contributed by atoms with Gasteiger partial charge in [-0.05, 0) is 29.8 Å². The highest BCUT2D eigenvalue weighted by atomic mass is 19.4. The Morgan fingerprint density at radius 2 is 2.00 bits per heavy atom. The third-order valence-corrected chi connectivity index (χ3v) is 3.89. The number of benzene rings is 1. The summed E-state index contributed by atoms with van der Waals surface area (Å²) in [5.41, 5.74) is 0.990. The van der Waals surface area contributed by atoms with Crippen molar-refractivity contribution in [3.05, 3.63) is 59.3 Å². The quantitative estimate of drug-likeness (QED) is 0.697. The maximum absolute atomic E-state index is 13.6. The molecule has 2 heterocycles. The molecule has 9 heteroatoms. The molecule has 0 fully saturated rings. The number of aromatic carboxylic acids is 1. The normalized spacial score (nSPS) is 11.8. The lowest BCUT2D eigenvalue weighted by atomic mass is 10.0. The fraction of sp³-hybridized carbons (Fsp3) is 0.235. The number of aromatic nitrogens is 3. The van der Waals surface area contributed by atoms with Crippen molar-refractivity contribution < 1.29 is 27.5 Å². The van der Waals surface area contributed by atoms with Gasteiger partial charge in [0.15, 0.2) is 0 Å². The highest BCUT2D eigenvalue weighted by Crippen LogP contribution is 2.26. The smallest absolute Gasteiger partial charge is 0.390 e. The summed E-state index contributed by atoms with van der Waals surface area (Å²) in [6.45, 7) is -0.412. The Labute approximate surface area is 144 Å². The Bertz CT molecular complexity index is 966. The number of alkyl halides is 3. The number of hydrogen-bond acceptors (Lipinski definition) is 3. The van der Waals surface area contributed by atoms with E-state index in [2.05, 4.69) is 10.1 Å². The topological polar surface area (TPSA) is 68.0 Å². The number of fused-ring (bicyclic) bond motifs is 1. The Balaban J connectivity index is 2.03. The van der Waals surface area contributed by atoms with Crippen LogP contribution in [0.2, 0.25) is 0 Å². The summed E-state index contributed by atoms with van der Waals surface area (Å²) in [5.74, 6) is -1.71. The Morgan fingerprint density at radius 1 is 1.23 bits per heavy atom. The summed E-state index contributed by atoms with van der Waals surface area (Å²) in [6, 6.07) is 5.00. The first-order valence-electron chi connectivity index (χ1n) is 7.62. The van der Waals surface area contributed by atoms with E-state index in [0.717, 1.165) is 10.7 Å². The molecule has 0 spiro atoms. The first-order valence-corrected chi connectivity index (χ1v) is 7.62. The van der Waals surface area contributed by atoms with Crippen LogP contribution in [0.15, 0.2) is 36.7 Å². The molecular weight excluding hydrogens is 354 g/mol. The fourth-order valence-electron chi connectivity index (χ4n) is 2.71. The second kappa shape index (κ2) is 6.74. The van der Waals surface area contributed by atoms with Gasteiger partial charge in [-0.1, -0.05) is 0 Å². The number of halogens is 4. The number of carboxylic acids is 1. The number of nitrogens with zero attached hydrogens (tertiary/aromatic N) is 3. The minimum atomic E-state index is -4.35. The minimum Gasteiger partial charge on any atom is -0.478 e. The van der Waals surface area contributed by atoms with Gasteiger partial charge in [0.25, 0.3) is 0 Å². The van der Waals surface area contributed by atoms with Crippen LogP contribution in [-0.4, -0.2) is 32.0 Å². The predicted molar refractivity (Wildman–Crippen MR) is 84.4 cm³/mol. The molecule has 0 unspecified atom stereocenters. The van der Waals surface area contributed by atoms with Crippen molar-refractivity contribution in [2.24, 2.45) is 0 Å². The van der Waals surface area contributed by atoms with Crippen molar-refractivity contribution in [3.63, 3.8) is 0 Å². The van der Waals surface area contributed by atoms with Gasteiger partial charge in [-0.3, -0.25) is 9.67 Å². The molecule has 0 amide bonds. The molecule has 0 radical (unpaired) electrons. The van der Waals surface area contributed by atoms with Crippen LogP contribution in [-0.2, 0) is 13.0 Å². The van der Waals surface area contributed by atoms with Crippen molar-refractivity contribution in [2.75, 3.05) is 0 Å². The van der Waals surface area contributed by atoms with Crippen molar-refractivity contribution in [2.45, 2.75) is 25.6 Å². The molecule has 1 aromatic carbocycles. The maximum Gasteiger partial charge on any atom is 0.390 e. The summed E-state index contributed by atoms with van der Waals surface area (Å²) >= 11 is 0. The van der Waals surface area contributed by atoms with Crippen molar-refractivity contribution in [1.82, 2.24) is 14.8 Å². The van der Waals surface area contributed by atoms with Gasteiger partial charge in [-0.15, -0.1) is 0 Å². The van der Waals surface area contributed by atoms with E-state index >= 15 is 0 Å². The molecule has 3 rings (SSSR count). The van der Waals surface area contributed by atoms with E-state index in [1.807, 2.05) is 0 Å². The molecule has 136 valence electrons. The zero-order chi connectivity index (χ0) is 18.9. The van der Waals surface area contributed by atoms with E-state index in [-0.39, 0.29) is 17.7 Å². The second-order valence-electron chi connectivity index (χ2n) is 5.71. The third kappa shape index (κ3) is 3.81. The molecule has 0 atom stereocenters. The van der Waals surface area contributed by atoms with Crippen LogP contribution in [0.1, 0.15) is 28.0 Å². The van der Waals surface area contributed by atoms with E-state index in [4.69, 9.17) is 0 Å². The van der Waals surface area contributed by atoms with Crippen molar-refractivity contribution >= 4 is 16.9 Å². The average Bonchev–Trinajstić information content (AvgIpc) is 2.90. The Kier molecular flexibility index (Phi) is 4.62. The van der Waals surface area contributed by atoms with E-state index in [0.29, 0.717) is 16.5 Å². The van der Waals surface area contributed by atoms with Gasteiger partial charge in [0.2, 0.25) is 0 Å². The molecular formula is C17H13F4N3O2. The van der Waals surface area contributed by atoms with Gasteiger partial charge >= 0.3 is 12.1 Å². The Hall–Kier alpha value is -2.97. The second-order valence-corrected chi connectivity index (χ2v) is 5.71. The number of aryl methyl sites for hydroxylation is 1. The van der Waals surface area contributed by atoms with Gasteiger partial charge in [-0.2, -0.15) is 18.3 Å². The van der Waals surface area contributed by atoms with Crippen LogP contribution < -0.4 is 0 Å². The van der Waals surface area contributed by atoms with Gasteiger partial charge in [0.05, 0.1) is 29.7 Å².